The summed E-state index contributed by atoms with van der Waals surface area (Å²) in [6.45, 7) is 21.7. The van der Waals surface area contributed by atoms with Crippen LogP contribution in [-0.2, 0) is 31.9 Å². The van der Waals surface area contributed by atoms with Crippen molar-refractivity contribution in [3.05, 3.63) is 216 Å². The molecule has 10 rings (SSSR count). The molecule has 8 aromatic rings. The maximum absolute atomic E-state index is 11.2. The fourth-order valence-corrected chi connectivity index (χ4v) is 9.43. The van der Waals surface area contributed by atoms with Crippen molar-refractivity contribution in [1.29, 1.82) is 0 Å². The van der Waals surface area contributed by atoms with Crippen molar-refractivity contribution in [2.24, 2.45) is 0 Å². The van der Waals surface area contributed by atoms with Gasteiger partial charge in [0.15, 0.2) is 5.69 Å². The number of nitrogens with zero attached hydrogens (tertiary/aromatic N) is 4. The van der Waals surface area contributed by atoms with E-state index in [-0.39, 0.29) is 49.6 Å². The molecule has 2 unspecified atom stereocenters. The number of phenolic OH excluding ortho intramolecular Hbond substituents is 1. The minimum Gasteiger partial charge on any atom is -0.507 e. The summed E-state index contributed by atoms with van der Waals surface area (Å²) in [5.74, 6) is 0.378. The number of phenols is 1. The number of allylic oxidation sites excluding steroid dienone is 2. The van der Waals surface area contributed by atoms with Crippen LogP contribution in [0.15, 0.2) is 182 Å². The smallest absolute Gasteiger partial charge is 0.187 e. The SMILES string of the molecule is [C-]#[N+]c1ccccc1-c1ccc(-c2cc(-c3cc(C(C)(C)C)cc(C(C)(C)C)c3)cc(-c3ccccc3O)n2)[c-]c1-c1cc(-c2cccc3c2N(c2ccccc2)C2C=CC=CC32)ccn1.[Pt]. The standard InChI is InChI=1S/C61H51N4O.Pt/c1-60(2,3)43-32-41(33-44(38-43)61(4,5)6)42-36-54(64-56(37-42)51-22-13-16-27-58(51)66)40-28-29-47(48-20-11-14-25-53(48)62-7)52(34-40)55-35-39(30-31-63-55)46-23-17-24-50-49-21-12-15-26-57(49)65(59(46)50)45-18-9-8-10-19-45;/h8-33,35-38,49,57,66H,1-6H3;/q-1;. The van der Waals surface area contributed by atoms with Crippen LogP contribution in [0.4, 0.5) is 17.1 Å². The minimum atomic E-state index is -0.0833. The van der Waals surface area contributed by atoms with Gasteiger partial charge in [-0.3, -0.25) is 9.97 Å². The van der Waals surface area contributed by atoms with Gasteiger partial charge in [0.05, 0.1) is 24.0 Å². The number of benzene rings is 6. The van der Waals surface area contributed by atoms with Gasteiger partial charge in [-0.05, 0) is 86.2 Å². The third-order valence-corrected chi connectivity index (χ3v) is 13.0. The Balaban J connectivity index is 0.00000562. The van der Waals surface area contributed by atoms with Crippen LogP contribution in [0.2, 0.25) is 0 Å². The van der Waals surface area contributed by atoms with Gasteiger partial charge in [-0.15, -0.1) is 18.2 Å². The van der Waals surface area contributed by atoms with Crippen molar-refractivity contribution < 1.29 is 26.2 Å². The van der Waals surface area contributed by atoms with E-state index >= 15 is 0 Å². The van der Waals surface area contributed by atoms with Crippen molar-refractivity contribution in [2.45, 2.75) is 64.3 Å². The van der Waals surface area contributed by atoms with Crippen LogP contribution < -0.4 is 4.90 Å². The van der Waals surface area contributed by atoms with Crippen molar-refractivity contribution in [1.82, 2.24) is 9.97 Å². The molecule has 0 saturated carbocycles. The zero-order chi connectivity index (χ0) is 45.7. The largest absolute Gasteiger partial charge is 0.507 e. The molecule has 0 spiro atoms. The predicted octanol–water partition coefficient (Wildman–Crippen LogP) is 15.9. The zero-order valence-electron chi connectivity index (χ0n) is 38.5. The molecule has 67 heavy (non-hydrogen) atoms. The van der Waals surface area contributed by atoms with Gasteiger partial charge in [0.1, 0.15) is 5.75 Å². The predicted molar refractivity (Wildman–Crippen MR) is 272 cm³/mol. The zero-order valence-corrected chi connectivity index (χ0v) is 40.8. The number of aromatic nitrogens is 2. The molecule has 5 nitrogen and oxygen atoms in total. The van der Waals surface area contributed by atoms with E-state index in [1.807, 2.05) is 54.7 Å². The van der Waals surface area contributed by atoms with Crippen LogP contribution in [0.3, 0.4) is 0 Å². The van der Waals surface area contributed by atoms with E-state index < -0.39 is 0 Å². The summed E-state index contributed by atoms with van der Waals surface area (Å²) < 4.78 is 0. The van der Waals surface area contributed by atoms with Gasteiger partial charge in [0, 0.05) is 61.4 Å². The van der Waals surface area contributed by atoms with Crippen LogP contribution in [0.1, 0.15) is 64.2 Å². The first-order chi connectivity index (χ1) is 31.9. The van der Waals surface area contributed by atoms with E-state index in [2.05, 4.69) is 179 Å². The fraction of sp³-hybridized carbons (Fsp3) is 0.164. The van der Waals surface area contributed by atoms with Gasteiger partial charge in [-0.2, -0.15) is 0 Å². The molecule has 2 aromatic heterocycles. The monoisotopic (exact) mass is 1050 g/mol. The molecule has 2 atom stereocenters. The number of rotatable bonds is 7. The molecule has 0 radical (unpaired) electrons. The van der Waals surface area contributed by atoms with Gasteiger partial charge in [0.25, 0.3) is 0 Å². The van der Waals surface area contributed by atoms with E-state index in [9.17, 15) is 5.11 Å². The fourth-order valence-electron chi connectivity index (χ4n) is 9.43. The first-order valence-electron chi connectivity index (χ1n) is 22.7. The third-order valence-electron chi connectivity index (χ3n) is 13.0. The summed E-state index contributed by atoms with van der Waals surface area (Å²) >= 11 is 0. The van der Waals surface area contributed by atoms with Crippen molar-refractivity contribution in [2.75, 3.05) is 4.90 Å². The van der Waals surface area contributed by atoms with Crippen LogP contribution in [0.25, 0.3) is 72.0 Å². The summed E-state index contributed by atoms with van der Waals surface area (Å²) in [5, 5.41) is 11.2. The molecule has 6 heteroatoms. The van der Waals surface area contributed by atoms with Crippen LogP contribution >= 0.6 is 0 Å². The minimum absolute atomic E-state index is 0. The second kappa shape index (κ2) is 17.9. The molecule has 332 valence electrons. The van der Waals surface area contributed by atoms with E-state index in [1.165, 1.54) is 22.4 Å². The number of aromatic hydroxyl groups is 1. The van der Waals surface area contributed by atoms with Gasteiger partial charge >= 0.3 is 0 Å². The Bertz CT molecular complexity index is 3240. The molecule has 1 N–H and O–H groups in total. The average Bonchev–Trinajstić information content (AvgIpc) is 3.68. The van der Waals surface area contributed by atoms with Gasteiger partial charge in [0.2, 0.25) is 0 Å². The van der Waals surface area contributed by atoms with E-state index in [0.717, 1.165) is 55.9 Å². The quantitative estimate of drug-likeness (QED) is 0.162. The van der Waals surface area contributed by atoms with E-state index in [4.69, 9.17) is 16.5 Å². The van der Waals surface area contributed by atoms with Crippen molar-refractivity contribution in [3.63, 3.8) is 0 Å². The Morgan fingerprint density at radius 1 is 0.597 bits per heavy atom. The van der Waals surface area contributed by atoms with Crippen molar-refractivity contribution in [3.8, 4) is 72.9 Å². The van der Waals surface area contributed by atoms with Crippen LogP contribution in [-0.4, -0.2) is 21.1 Å². The van der Waals surface area contributed by atoms with Crippen molar-refractivity contribution >= 4 is 17.1 Å². The molecule has 6 aromatic carbocycles. The summed E-state index contributed by atoms with van der Waals surface area (Å²) in [4.78, 5) is 16.8. The number of hydrogen-bond acceptors (Lipinski definition) is 4. The Labute approximate surface area is 409 Å². The molecule has 0 amide bonds. The normalized spacial score (nSPS) is 15.1. The number of para-hydroxylation sites is 4. The molecular weight excluding hydrogens is 1000 g/mol. The first-order valence-corrected chi connectivity index (χ1v) is 22.7. The van der Waals surface area contributed by atoms with E-state index in [1.54, 1.807) is 6.07 Å². The first kappa shape index (κ1) is 45.1. The Kier molecular flexibility index (Phi) is 12.1. The molecule has 3 heterocycles. The molecule has 1 aliphatic heterocycles. The summed E-state index contributed by atoms with van der Waals surface area (Å²) in [5.41, 5.74) is 16.6. The average molecular weight is 1050 g/mol. The summed E-state index contributed by atoms with van der Waals surface area (Å²) in [6, 6.07) is 55.9. The molecule has 2 aliphatic rings. The Hall–Kier alpha value is -7.12. The second-order valence-corrected chi connectivity index (χ2v) is 19.4. The summed E-state index contributed by atoms with van der Waals surface area (Å²) in [6.07, 6.45) is 10.8. The van der Waals surface area contributed by atoms with Crippen LogP contribution in [0.5, 0.6) is 5.75 Å². The molecule has 0 saturated heterocycles. The van der Waals surface area contributed by atoms with Gasteiger partial charge in [-0.25, -0.2) is 4.85 Å². The number of hydrogen-bond donors (Lipinski definition) is 1. The Morgan fingerprint density at radius 3 is 1.97 bits per heavy atom. The molecule has 1 aliphatic carbocycles. The van der Waals surface area contributed by atoms with Gasteiger partial charge < -0.3 is 10.0 Å². The van der Waals surface area contributed by atoms with E-state index in [0.29, 0.717) is 22.6 Å². The number of anilines is 2. The topological polar surface area (TPSA) is 53.6 Å². The number of pyridine rings is 2. The maximum atomic E-state index is 11.2. The van der Waals surface area contributed by atoms with Gasteiger partial charge in [-0.1, -0.05) is 186 Å². The Morgan fingerprint density at radius 2 is 1.24 bits per heavy atom. The second-order valence-electron chi connectivity index (χ2n) is 19.4. The maximum Gasteiger partial charge on any atom is 0.187 e. The molecule has 0 fully saturated rings. The molecule has 0 bridgehead atoms. The van der Waals surface area contributed by atoms with Crippen LogP contribution in [0, 0.1) is 12.6 Å². The molecular formula is C61H51N4OPt-. The number of fused-ring (bicyclic) bond motifs is 3. The third kappa shape index (κ3) is 8.59. The summed E-state index contributed by atoms with van der Waals surface area (Å²) in [7, 11) is 0.